The number of allylic oxidation sites excluding steroid dienone is 3. The minimum Gasteiger partial charge on any atom is -0.345 e. The second-order valence-electron chi connectivity index (χ2n) is 7.05. The van der Waals surface area contributed by atoms with Crippen LogP contribution in [-0.4, -0.2) is 22.9 Å². The van der Waals surface area contributed by atoms with Crippen LogP contribution in [0.4, 0.5) is 11.4 Å². The standard InChI is InChI=1S/C23H25N2/c1-18-16-20-10-4-6-12-22(20)24(18)14-8-3-9-15-25-19(2)17-21-11-5-7-13-23(21)25/h3-15,18-19H,16-17H2,1-2H3/q+1. The molecule has 0 aliphatic carbocycles. The number of hydrogen-bond donors (Lipinski definition) is 0. The molecule has 0 N–H and O–H groups in total. The molecule has 0 aromatic heterocycles. The summed E-state index contributed by atoms with van der Waals surface area (Å²) in [5.41, 5.74) is 5.56. The summed E-state index contributed by atoms with van der Waals surface area (Å²) in [6.07, 6.45) is 13.0. The Morgan fingerprint density at radius 3 is 2.52 bits per heavy atom. The van der Waals surface area contributed by atoms with Gasteiger partial charge in [-0.05, 0) is 38.0 Å². The SMILES string of the molecule is CC1Cc2ccccc2N1/C=C/C=C/C=[N+]1/c2ccccc2CC1C. The molecule has 2 atom stereocenters. The maximum absolute atomic E-state index is 2.37. The van der Waals surface area contributed by atoms with Crippen molar-refractivity contribution in [2.24, 2.45) is 0 Å². The van der Waals surface area contributed by atoms with Crippen LogP contribution in [0.2, 0.25) is 0 Å². The zero-order valence-corrected chi connectivity index (χ0v) is 15.0. The Kier molecular flexibility index (Phi) is 4.27. The van der Waals surface area contributed by atoms with Gasteiger partial charge in [0.1, 0.15) is 0 Å². The van der Waals surface area contributed by atoms with Gasteiger partial charge in [0.15, 0.2) is 12.3 Å². The van der Waals surface area contributed by atoms with Gasteiger partial charge in [0, 0.05) is 42.1 Å². The Labute approximate surface area is 150 Å². The Morgan fingerprint density at radius 1 is 0.880 bits per heavy atom. The van der Waals surface area contributed by atoms with Crippen LogP contribution in [0, 0.1) is 0 Å². The van der Waals surface area contributed by atoms with E-state index < -0.39 is 0 Å². The molecular weight excluding hydrogens is 304 g/mol. The summed E-state index contributed by atoms with van der Waals surface area (Å²) in [6.45, 7) is 4.56. The van der Waals surface area contributed by atoms with Crippen molar-refractivity contribution in [1.29, 1.82) is 0 Å². The van der Waals surface area contributed by atoms with E-state index in [2.05, 4.69) is 102 Å². The average molecular weight is 329 g/mol. The lowest BCUT2D eigenvalue weighted by Gasteiger charge is -2.19. The fraction of sp³-hybridized carbons (Fsp3) is 0.261. The van der Waals surface area contributed by atoms with Crippen molar-refractivity contribution in [2.75, 3.05) is 4.90 Å². The first-order valence-corrected chi connectivity index (χ1v) is 9.15. The normalized spacial score (nSPS) is 23.8. The number of rotatable bonds is 3. The smallest absolute Gasteiger partial charge is 0.208 e. The van der Waals surface area contributed by atoms with Crippen LogP contribution in [0.5, 0.6) is 0 Å². The highest BCUT2D eigenvalue weighted by atomic mass is 15.2. The van der Waals surface area contributed by atoms with Gasteiger partial charge in [-0.1, -0.05) is 42.5 Å². The molecule has 2 aliphatic heterocycles. The molecule has 0 fully saturated rings. The van der Waals surface area contributed by atoms with Gasteiger partial charge in [-0.3, -0.25) is 0 Å². The third-order valence-electron chi connectivity index (χ3n) is 5.24. The van der Waals surface area contributed by atoms with Crippen LogP contribution >= 0.6 is 0 Å². The number of benzene rings is 2. The molecule has 0 saturated carbocycles. The molecule has 2 aliphatic rings. The lowest BCUT2D eigenvalue weighted by Crippen LogP contribution is -2.22. The summed E-state index contributed by atoms with van der Waals surface area (Å²) in [5.74, 6) is 0. The van der Waals surface area contributed by atoms with Crippen molar-refractivity contribution < 1.29 is 4.58 Å². The van der Waals surface area contributed by atoms with Crippen molar-refractivity contribution in [2.45, 2.75) is 38.8 Å². The van der Waals surface area contributed by atoms with E-state index >= 15 is 0 Å². The lowest BCUT2D eigenvalue weighted by atomic mass is 10.1. The molecule has 25 heavy (non-hydrogen) atoms. The first-order chi connectivity index (χ1) is 12.2. The van der Waals surface area contributed by atoms with E-state index in [1.165, 1.54) is 22.5 Å². The number of fused-ring (bicyclic) bond motifs is 2. The van der Waals surface area contributed by atoms with Gasteiger partial charge in [0.25, 0.3) is 0 Å². The van der Waals surface area contributed by atoms with Crippen LogP contribution in [-0.2, 0) is 12.8 Å². The first kappa shape index (κ1) is 15.9. The van der Waals surface area contributed by atoms with Gasteiger partial charge < -0.3 is 4.90 Å². The molecular formula is C23H25N2+. The molecule has 126 valence electrons. The Bertz CT molecular complexity index is 860. The first-order valence-electron chi connectivity index (χ1n) is 9.15. The third kappa shape index (κ3) is 3.05. The molecule has 2 unspecified atom stereocenters. The molecule has 2 aromatic rings. The number of hydrogen-bond acceptors (Lipinski definition) is 1. The molecule has 0 radical (unpaired) electrons. The molecule has 0 spiro atoms. The lowest BCUT2D eigenvalue weighted by molar-refractivity contribution is -0.463. The van der Waals surface area contributed by atoms with Gasteiger partial charge in [-0.2, -0.15) is 4.58 Å². The van der Waals surface area contributed by atoms with Crippen molar-refractivity contribution in [3.05, 3.63) is 84.1 Å². The maximum Gasteiger partial charge on any atom is 0.208 e. The van der Waals surface area contributed by atoms with Crippen LogP contribution in [0.1, 0.15) is 25.0 Å². The van der Waals surface area contributed by atoms with Crippen LogP contribution in [0.15, 0.2) is 73.0 Å². The van der Waals surface area contributed by atoms with Crippen molar-refractivity contribution >= 4 is 17.6 Å². The predicted molar refractivity (Wildman–Crippen MR) is 106 cm³/mol. The second-order valence-corrected chi connectivity index (χ2v) is 7.05. The molecule has 2 nitrogen and oxygen atoms in total. The summed E-state index contributed by atoms with van der Waals surface area (Å²) in [6, 6.07) is 18.4. The van der Waals surface area contributed by atoms with E-state index in [4.69, 9.17) is 0 Å². The van der Waals surface area contributed by atoms with Crippen LogP contribution in [0.25, 0.3) is 0 Å². The largest absolute Gasteiger partial charge is 0.345 e. The number of nitrogens with zero attached hydrogens (tertiary/aromatic N) is 2. The van der Waals surface area contributed by atoms with Crippen LogP contribution < -0.4 is 4.90 Å². The quantitative estimate of drug-likeness (QED) is 0.575. The molecule has 4 rings (SSSR count). The maximum atomic E-state index is 2.37. The van der Waals surface area contributed by atoms with Crippen molar-refractivity contribution in [3.8, 4) is 0 Å². The Balaban J connectivity index is 1.48. The van der Waals surface area contributed by atoms with Gasteiger partial charge in [-0.25, -0.2) is 0 Å². The number of anilines is 1. The summed E-state index contributed by atoms with van der Waals surface area (Å²) < 4.78 is 2.37. The Hall–Kier alpha value is -2.61. The third-order valence-corrected chi connectivity index (χ3v) is 5.24. The monoisotopic (exact) mass is 329 g/mol. The van der Waals surface area contributed by atoms with E-state index in [0.717, 1.165) is 12.8 Å². The fourth-order valence-corrected chi connectivity index (χ4v) is 3.98. The van der Waals surface area contributed by atoms with E-state index in [1.54, 1.807) is 0 Å². The summed E-state index contributed by atoms with van der Waals surface area (Å²) in [4.78, 5) is 2.37. The zero-order valence-electron chi connectivity index (χ0n) is 15.0. The second kappa shape index (κ2) is 6.72. The molecule has 2 heteroatoms. The van der Waals surface area contributed by atoms with Crippen molar-refractivity contribution in [1.82, 2.24) is 0 Å². The van der Waals surface area contributed by atoms with E-state index in [-0.39, 0.29) is 0 Å². The van der Waals surface area contributed by atoms with Gasteiger partial charge in [-0.15, -0.1) is 0 Å². The predicted octanol–water partition coefficient (Wildman–Crippen LogP) is 4.87. The molecule has 0 saturated heterocycles. The average Bonchev–Trinajstić information content (AvgIpc) is 3.11. The van der Waals surface area contributed by atoms with Crippen LogP contribution in [0.3, 0.4) is 0 Å². The minimum absolute atomic E-state index is 0.525. The zero-order chi connectivity index (χ0) is 17.2. The highest BCUT2D eigenvalue weighted by molar-refractivity contribution is 5.69. The van der Waals surface area contributed by atoms with Gasteiger partial charge >= 0.3 is 0 Å². The van der Waals surface area contributed by atoms with Gasteiger partial charge in [0.05, 0.1) is 0 Å². The summed E-state index contributed by atoms with van der Waals surface area (Å²) in [7, 11) is 0. The summed E-state index contributed by atoms with van der Waals surface area (Å²) in [5, 5.41) is 0. The molecule has 2 aromatic carbocycles. The van der Waals surface area contributed by atoms with E-state index in [1.807, 2.05) is 0 Å². The van der Waals surface area contributed by atoms with Gasteiger partial charge in [0.2, 0.25) is 5.69 Å². The highest BCUT2D eigenvalue weighted by Crippen LogP contribution is 2.32. The highest BCUT2D eigenvalue weighted by Gasteiger charge is 2.29. The van der Waals surface area contributed by atoms with E-state index in [0.29, 0.717) is 12.1 Å². The van der Waals surface area contributed by atoms with E-state index in [9.17, 15) is 0 Å². The summed E-state index contributed by atoms with van der Waals surface area (Å²) >= 11 is 0. The minimum atomic E-state index is 0.525. The number of para-hydroxylation sites is 2. The molecule has 0 bridgehead atoms. The molecule has 0 amide bonds. The van der Waals surface area contributed by atoms with Crippen molar-refractivity contribution in [3.63, 3.8) is 0 Å². The topological polar surface area (TPSA) is 6.25 Å². The molecule has 2 heterocycles. The Morgan fingerprint density at radius 2 is 1.64 bits per heavy atom. The fourth-order valence-electron chi connectivity index (χ4n) is 3.98.